The second-order valence-corrected chi connectivity index (χ2v) is 5.73. The third-order valence-corrected chi connectivity index (χ3v) is 3.65. The van der Waals surface area contributed by atoms with Crippen LogP contribution in [0.15, 0.2) is 54.6 Å². The lowest BCUT2D eigenvalue weighted by Gasteiger charge is -2.18. The van der Waals surface area contributed by atoms with Crippen LogP contribution < -0.4 is 5.32 Å². The van der Waals surface area contributed by atoms with Gasteiger partial charge in [-0.3, -0.25) is 14.9 Å². The molecular weight excluding hydrogens is 308 g/mol. The number of nitrogens with zero attached hydrogens (tertiary/aromatic N) is 1. The number of nitrogens with one attached hydrogen (secondary N) is 1. The molecular formula is C18H20N2O4. The van der Waals surface area contributed by atoms with E-state index in [0.29, 0.717) is 12.0 Å². The summed E-state index contributed by atoms with van der Waals surface area (Å²) in [5.74, 6) is -0.233. The first-order valence-corrected chi connectivity index (χ1v) is 7.71. The molecule has 6 heteroatoms. The summed E-state index contributed by atoms with van der Waals surface area (Å²) in [5.41, 5.74) is 1.35. The zero-order chi connectivity index (χ0) is 17.5. The number of hydrogen-bond acceptors (Lipinski definition) is 4. The number of non-ortho nitro benzene ring substituents is 1. The van der Waals surface area contributed by atoms with Crippen LogP contribution in [0.5, 0.6) is 0 Å². The summed E-state index contributed by atoms with van der Waals surface area (Å²) < 4.78 is 0. The Bertz CT molecular complexity index is 703. The normalized spacial score (nSPS) is 13.1. The van der Waals surface area contributed by atoms with Gasteiger partial charge < -0.3 is 10.4 Å². The molecule has 0 heterocycles. The predicted molar refractivity (Wildman–Crippen MR) is 90.4 cm³/mol. The van der Waals surface area contributed by atoms with E-state index in [1.807, 2.05) is 37.3 Å². The number of nitro benzene ring substituents is 1. The summed E-state index contributed by atoms with van der Waals surface area (Å²) in [5, 5.41) is 23.7. The number of hydrogen-bond donors (Lipinski definition) is 2. The molecule has 24 heavy (non-hydrogen) atoms. The smallest absolute Gasteiger partial charge is 0.269 e. The molecule has 126 valence electrons. The Morgan fingerprint density at radius 3 is 2.58 bits per heavy atom. The number of aliphatic hydroxyl groups excluding tert-OH is 1. The molecule has 2 aromatic rings. The monoisotopic (exact) mass is 328 g/mol. The van der Waals surface area contributed by atoms with Crippen molar-refractivity contribution in [3.05, 3.63) is 75.8 Å². The lowest BCUT2D eigenvalue weighted by Crippen LogP contribution is -2.34. The van der Waals surface area contributed by atoms with Crippen molar-refractivity contribution in [1.82, 2.24) is 5.32 Å². The maximum absolute atomic E-state index is 12.1. The molecule has 0 fully saturated rings. The van der Waals surface area contributed by atoms with Crippen LogP contribution in [0.3, 0.4) is 0 Å². The highest BCUT2D eigenvalue weighted by atomic mass is 16.6. The average Bonchev–Trinajstić information content (AvgIpc) is 2.55. The fourth-order valence-corrected chi connectivity index (χ4v) is 2.50. The molecule has 0 bridgehead atoms. The molecule has 0 saturated carbocycles. The van der Waals surface area contributed by atoms with Crippen molar-refractivity contribution in [2.45, 2.75) is 31.9 Å². The molecule has 1 amide bonds. The molecule has 2 aromatic carbocycles. The van der Waals surface area contributed by atoms with Gasteiger partial charge in [0.15, 0.2) is 0 Å². The Morgan fingerprint density at radius 2 is 1.92 bits per heavy atom. The van der Waals surface area contributed by atoms with Gasteiger partial charge in [-0.1, -0.05) is 42.5 Å². The molecule has 2 rings (SSSR count). The van der Waals surface area contributed by atoms with Crippen molar-refractivity contribution in [2.24, 2.45) is 0 Å². The highest BCUT2D eigenvalue weighted by Gasteiger charge is 2.15. The lowest BCUT2D eigenvalue weighted by atomic mass is 10.0. The zero-order valence-electron chi connectivity index (χ0n) is 13.4. The highest BCUT2D eigenvalue weighted by molar-refractivity contribution is 5.79. The highest BCUT2D eigenvalue weighted by Crippen LogP contribution is 2.18. The van der Waals surface area contributed by atoms with Crippen LogP contribution >= 0.6 is 0 Å². The van der Waals surface area contributed by atoms with Crippen molar-refractivity contribution < 1.29 is 14.8 Å². The predicted octanol–water partition coefficient (Wildman–Crippen LogP) is 2.77. The number of carbonyl (C=O) groups excluding carboxylic acids is 1. The standard InChI is InChI=1S/C18H20N2O4/c1-13(10-17(21)15-7-3-2-4-8-15)19-18(22)12-14-6-5-9-16(11-14)20(23)24/h2-9,11,13,17,21H,10,12H2,1H3,(H,19,22)/t13-,17-/m1/s1. The number of carbonyl (C=O) groups is 1. The van der Waals surface area contributed by atoms with Gasteiger partial charge in [0.05, 0.1) is 17.4 Å². The Kier molecular flexibility index (Phi) is 6.03. The zero-order valence-corrected chi connectivity index (χ0v) is 13.4. The maximum atomic E-state index is 12.1. The summed E-state index contributed by atoms with van der Waals surface area (Å²) in [7, 11) is 0. The van der Waals surface area contributed by atoms with E-state index in [0.717, 1.165) is 5.56 Å². The third kappa shape index (κ3) is 5.17. The molecule has 0 aliphatic carbocycles. The van der Waals surface area contributed by atoms with E-state index >= 15 is 0 Å². The lowest BCUT2D eigenvalue weighted by molar-refractivity contribution is -0.384. The minimum Gasteiger partial charge on any atom is -0.388 e. The van der Waals surface area contributed by atoms with E-state index in [-0.39, 0.29) is 24.1 Å². The summed E-state index contributed by atoms with van der Waals surface area (Å²) in [4.78, 5) is 22.3. The SMILES string of the molecule is C[C@H](C[C@@H](O)c1ccccc1)NC(=O)Cc1cccc([N+](=O)[O-])c1. The van der Waals surface area contributed by atoms with Gasteiger partial charge in [-0.05, 0) is 24.5 Å². The quantitative estimate of drug-likeness (QED) is 0.604. The number of aliphatic hydroxyl groups is 1. The third-order valence-electron chi connectivity index (χ3n) is 3.65. The Labute approximate surface area is 140 Å². The Hall–Kier alpha value is -2.73. The van der Waals surface area contributed by atoms with Crippen molar-refractivity contribution in [3.63, 3.8) is 0 Å². The molecule has 2 N–H and O–H groups in total. The van der Waals surface area contributed by atoms with Gasteiger partial charge in [0, 0.05) is 18.2 Å². The van der Waals surface area contributed by atoms with Crippen LogP contribution in [0.2, 0.25) is 0 Å². The van der Waals surface area contributed by atoms with E-state index in [1.165, 1.54) is 12.1 Å². The van der Waals surface area contributed by atoms with Gasteiger partial charge in [-0.15, -0.1) is 0 Å². The number of amides is 1. The van der Waals surface area contributed by atoms with Crippen LogP contribution in [0, 0.1) is 10.1 Å². The van der Waals surface area contributed by atoms with Crippen LogP contribution in [0.25, 0.3) is 0 Å². The van der Waals surface area contributed by atoms with E-state index in [4.69, 9.17) is 0 Å². The largest absolute Gasteiger partial charge is 0.388 e. The fraction of sp³-hybridized carbons (Fsp3) is 0.278. The molecule has 0 aliphatic rings. The summed E-state index contributed by atoms with van der Waals surface area (Å²) in [6.45, 7) is 1.82. The van der Waals surface area contributed by atoms with E-state index in [1.54, 1.807) is 12.1 Å². The summed E-state index contributed by atoms with van der Waals surface area (Å²) in [6.07, 6.45) is -0.197. The van der Waals surface area contributed by atoms with Crippen molar-refractivity contribution in [2.75, 3.05) is 0 Å². The van der Waals surface area contributed by atoms with Crippen molar-refractivity contribution in [3.8, 4) is 0 Å². The van der Waals surface area contributed by atoms with Gasteiger partial charge in [0.2, 0.25) is 5.91 Å². The first-order chi connectivity index (χ1) is 11.5. The van der Waals surface area contributed by atoms with Crippen molar-refractivity contribution >= 4 is 11.6 Å². The van der Waals surface area contributed by atoms with Gasteiger partial charge in [-0.2, -0.15) is 0 Å². The van der Waals surface area contributed by atoms with E-state index in [9.17, 15) is 20.0 Å². The first kappa shape index (κ1) is 17.6. The van der Waals surface area contributed by atoms with Gasteiger partial charge in [-0.25, -0.2) is 0 Å². The molecule has 0 saturated heterocycles. The molecule has 0 spiro atoms. The average molecular weight is 328 g/mol. The molecule has 0 radical (unpaired) electrons. The Balaban J connectivity index is 1.87. The van der Waals surface area contributed by atoms with Crippen LogP contribution in [0.1, 0.15) is 30.6 Å². The fourth-order valence-electron chi connectivity index (χ4n) is 2.50. The van der Waals surface area contributed by atoms with Gasteiger partial charge in [0.1, 0.15) is 0 Å². The van der Waals surface area contributed by atoms with Gasteiger partial charge >= 0.3 is 0 Å². The number of nitro groups is 1. The van der Waals surface area contributed by atoms with E-state index in [2.05, 4.69) is 5.32 Å². The minimum atomic E-state index is -0.653. The second kappa shape index (κ2) is 8.21. The van der Waals surface area contributed by atoms with Crippen molar-refractivity contribution in [1.29, 1.82) is 0 Å². The van der Waals surface area contributed by atoms with E-state index < -0.39 is 11.0 Å². The summed E-state index contributed by atoms with van der Waals surface area (Å²) in [6, 6.07) is 15.0. The molecule has 0 aromatic heterocycles. The van der Waals surface area contributed by atoms with Crippen LogP contribution in [-0.2, 0) is 11.2 Å². The van der Waals surface area contributed by atoms with Crippen LogP contribution in [-0.4, -0.2) is 22.0 Å². The second-order valence-electron chi connectivity index (χ2n) is 5.73. The molecule has 0 aliphatic heterocycles. The molecule has 6 nitrogen and oxygen atoms in total. The maximum Gasteiger partial charge on any atom is 0.269 e. The Morgan fingerprint density at radius 1 is 1.21 bits per heavy atom. The summed E-state index contributed by atoms with van der Waals surface area (Å²) >= 11 is 0. The number of rotatable bonds is 7. The first-order valence-electron chi connectivity index (χ1n) is 7.71. The molecule has 0 unspecified atom stereocenters. The van der Waals surface area contributed by atoms with Gasteiger partial charge in [0.25, 0.3) is 5.69 Å². The number of benzene rings is 2. The minimum absolute atomic E-state index is 0.0344. The van der Waals surface area contributed by atoms with Crippen LogP contribution in [0.4, 0.5) is 5.69 Å². The topological polar surface area (TPSA) is 92.5 Å². The molecule has 2 atom stereocenters.